The maximum absolute atomic E-state index is 11.8. The van der Waals surface area contributed by atoms with Gasteiger partial charge in [-0.05, 0) is 25.5 Å². The van der Waals surface area contributed by atoms with Gasteiger partial charge in [-0.25, -0.2) is 4.99 Å². The van der Waals surface area contributed by atoms with E-state index < -0.39 is 0 Å². The Morgan fingerprint density at radius 3 is 2.52 bits per heavy atom. The number of amides is 1. The van der Waals surface area contributed by atoms with Gasteiger partial charge in [0.15, 0.2) is 5.96 Å². The number of rotatable bonds is 13. The topological polar surface area (TPSA) is 93.2 Å². The van der Waals surface area contributed by atoms with Crippen LogP contribution < -0.4 is 20.7 Å². The second-order valence-electron chi connectivity index (χ2n) is 6.20. The van der Waals surface area contributed by atoms with Gasteiger partial charge in [-0.15, -0.1) is 24.0 Å². The minimum absolute atomic E-state index is 0. The molecule has 0 aliphatic carbocycles. The summed E-state index contributed by atoms with van der Waals surface area (Å²) in [6.45, 7) is 7.53. The zero-order chi connectivity index (χ0) is 20.6. The highest BCUT2D eigenvalue weighted by atomic mass is 127. The number of hydrogen-bond donors (Lipinski definition) is 3. The Bertz CT molecular complexity index is 614. The first kappa shape index (κ1) is 27.4. The van der Waals surface area contributed by atoms with Gasteiger partial charge in [-0.3, -0.25) is 4.79 Å². The summed E-state index contributed by atoms with van der Waals surface area (Å²) >= 11 is 0. The van der Waals surface area contributed by atoms with Crippen LogP contribution in [0.2, 0.25) is 0 Å². The number of benzene rings is 1. The molecule has 0 saturated carbocycles. The number of carbonyl (C=O) groups is 1. The van der Waals surface area contributed by atoms with E-state index in [-0.39, 0.29) is 36.4 Å². The number of methoxy groups -OCH3 is 2. The Morgan fingerprint density at radius 2 is 1.83 bits per heavy atom. The van der Waals surface area contributed by atoms with E-state index in [4.69, 9.17) is 14.2 Å². The molecular weight excluding hydrogens is 487 g/mol. The van der Waals surface area contributed by atoms with Crippen molar-refractivity contribution in [3.8, 4) is 5.75 Å². The second-order valence-corrected chi connectivity index (χ2v) is 6.20. The fourth-order valence-electron chi connectivity index (χ4n) is 2.34. The third-order valence-electron chi connectivity index (χ3n) is 3.77. The summed E-state index contributed by atoms with van der Waals surface area (Å²) in [5, 5.41) is 8.94. The molecule has 0 aliphatic rings. The van der Waals surface area contributed by atoms with Gasteiger partial charge in [0.05, 0.1) is 26.3 Å². The third-order valence-corrected chi connectivity index (χ3v) is 3.77. The van der Waals surface area contributed by atoms with Crippen LogP contribution in [0.3, 0.4) is 0 Å². The van der Waals surface area contributed by atoms with E-state index in [1.165, 1.54) is 0 Å². The second kappa shape index (κ2) is 17.3. The number of nitrogens with zero attached hydrogens (tertiary/aromatic N) is 1. The smallest absolute Gasteiger partial charge is 0.239 e. The summed E-state index contributed by atoms with van der Waals surface area (Å²) in [5.74, 6) is 1.29. The SMILES string of the molecule is CCNC(=NCc1ccc(C)cc1OCCCOC)NCC(=O)NCCOC.I. The van der Waals surface area contributed by atoms with E-state index in [0.717, 1.165) is 23.3 Å². The van der Waals surface area contributed by atoms with Crippen LogP contribution in [-0.4, -0.2) is 65.5 Å². The molecule has 1 rings (SSSR count). The third kappa shape index (κ3) is 12.6. The number of halogens is 1. The van der Waals surface area contributed by atoms with E-state index >= 15 is 0 Å². The van der Waals surface area contributed by atoms with Gasteiger partial charge in [0.1, 0.15) is 5.75 Å². The largest absolute Gasteiger partial charge is 0.493 e. The summed E-state index contributed by atoms with van der Waals surface area (Å²) in [6, 6.07) is 6.07. The number of carbonyl (C=O) groups excluding carboxylic acids is 1. The Morgan fingerprint density at radius 1 is 1.07 bits per heavy atom. The maximum Gasteiger partial charge on any atom is 0.239 e. The first-order valence-corrected chi connectivity index (χ1v) is 9.59. The van der Waals surface area contributed by atoms with Gasteiger partial charge in [-0.2, -0.15) is 0 Å². The Labute approximate surface area is 191 Å². The Kier molecular flexibility index (Phi) is 16.3. The maximum atomic E-state index is 11.8. The molecule has 0 heterocycles. The van der Waals surface area contributed by atoms with Crippen LogP contribution in [0.4, 0.5) is 0 Å². The molecule has 0 aliphatic heterocycles. The van der Waals surface area contributed by atoms with Crippen LogP contribution in [0, 0.1) is 6.92 Å². The highest BCUT2D eigenvalue weighted by Gasteiger charge is 2.07. The number of aryl methyl sites for hydroxylation is 1. The van der Waals surface area contributed by atoms with Crippen LogP contribution in [0.15, 0.2) is 23.2 Å². The Balaban J connectivity index is 0.00000784. The molecule has 9 heteroatoms. The van der Waals surface area contributed by atoms with E-state index in [9.17, 15) is 4.79 Å². The molecule has 1 aromatic carbocycles. The first-order chi connectivity index (χ1) is 13.6. The standard InChI is InChI=1S/C20H34N4O4.HI/c1-5-21-20(24-15-19(25)22-9-12-27-4)23-14-17-8-7-16(2)13-18(17)28-11-6-10-26-3;/h7-8,13H,5-6,9-12,14-15H2,1-4H3,(H,22,25)(H2,21,23,24);1H. The lowest BCUT2D eigenvalue weighted by molar-refractivity contribution is -0.120. The highest BCUT2D eigenvalue weighted by molar-refractivity contribution is 14.0. The van der Waals surface area contributed by atoms with Crippen molar-refractivity contribution in [2.75, 3.05) is 53.7 Å². The molecule has 1 aromatic rings. The molecule has 0 aromatic heterocycles. The Hall–Kier alpha value is -1.59. The molecule has 29 heavy (non-hydrogen) atoms. The van der Waals surface area contributed by atoms with Crippen molar-refractivity contribution in [1.82, 2.24) is 16.0 Å². The monoisotopic (exact) mass is 522 g/mol. The van der Waals surface area contributed by atoms with Gasteiger partial charge in [0.25, 0.3) is 0 Å². The summed E-state index contributed by atoms with van der Waals surface area (Å²) in [6.07, 6.45) is 0.829. The predicted octanol–water partition coefficient (Wildman–Crippen LogP) is 1.85. The zero-order valence-electron chi connectivity index (χ0n) is 17.9. The van der Waals surface area contributed by atoms with Crippen molar-refractivity contribution in [2.24, 2.45) is 4.99 Å². The molecule has 0 radical (unpaired) electrons. The average molecular weight is 522 g/mol. The minimum atomic E-state index is -0.111. The molecule has 0 saturated heterocycles. The van der Waals surface area contributed by atoms with E-state index in [0.29, 0.717) is 45.4 Å². The predicted molar refractivity (Wildman–Crippen MR) is 126 cm³/mol. The molecule has 1 amide bonds. The fraction of sp³-hybridized carbons (Fsp3) is 0.600. The molecule has 3 N–H and O–H groups in total. The molecule has 8 nitrogen and oxygen atoms in total. The van der Waals surface area contributed by atoms with Crippen LogP contribution in [-0.2, 0) is 20.8 Å². The normalized spacial score (nSPS) is 10.8. The lowest BCUT2D eigenvalue weighted by Crippen LogP contribution is -2.43. The van der Waals surface area contributed by atoms with Crippen molar-refractivity contribution in [2.45, 2.75) is 26.8 Å². The van der Waals surface area contributed by atoms with Crippen molar-refractivity contribution < 1.29 is 19.0 Å². The number of ether oxygens (including phenoxy) is 3. The number of guanidine groups is 1. The molecular formula is C20H35IN4O4. The summed E-state index contributed by atoms with van der Waals surface area (Å²) in [7, 11) is 3.28. The van der Waals surface area contributed by atoms with Gasteiger partial charge in [0.2, 0.25) is 5.91 Å². The van der Waals surface area contributed by atoms with E-state index in [1.807, 2.05) is 32.0 Å². The summed E-state index contributed by atoms with van der Waals surface area (Å²) in [4.78, 5) is 16.4. The lowest BCUT2D eigenvalue weighted by Gasteiger charge is -2.14. The van der Waals surface area contributed by atoms with E-state index in [2.05, 4.69) is 20.9 Å². The molecule has 166 valence electrons. The molecule has 0 fully saturated rings. The van der Waals surface area contributed by atoms with E-state index in [1.54, 1.807) is 14.2 Å². The quantitative estimate of drug-likeness (QED) is 0.159. The molecule has 0 unspecified atom stereocenters. The summed E-state index contributed by atoms with van der Waals surface area (Å²) < 4.78 is 15.9. The van der Waals surface area contributed by atoms with Gasteiger partial charge < -0.3 is 30.2 Å². The lowest BCUT2D eigenvalue weighted by atomic mass is 10.1. The van der Waals surface area contributed by atoms with Crippen molar-refractivity contribution in [1.29, 1.82) is 0 Å². The first-order valence-electron chi connectivity index (χ1n) is 9.59. The van der Waals surface area contributed by atoms with Crippen molar-refractivity contribution in [3.63, 3.8) is 0 Å². The van der Waals surface area contributed by atoms with Gasteiger partial charge in [0, 0.05) is 45.9 Å². The van der Waals surface area contributed by atoms with Crippen LogP contribution in [0.1, 0.15) is 24.5 Å². The van der Waals surface area contributed by atoms with Gasteiger partial charge >= 0.3 is 0 Å². The summed E-state index contributed by atoms with van der Waals surface area (Å²) in [5.41, 5.74) is 2.12. The van der Waals surface area contributed by atoms with Crippen LogP contribution in [0.5, 0.6) is 5.75 Å². The number of nitrogens with one attached hydrogen (secondary N) is 3. The molecule has 0 spiro atoms. The average Bonchev–Trinajstić information content (AvgIpc) is 2.68. The molecule has 0 atom stereocenters. The molecule has 0 bridgehead atoms. The van der Waals surface area contributed by atoms with Crippen LogP contribution >= 0.6 is 24.0 Å². The van der Waals surface area contributed by atoms with Crippen LogP contribution in [0.25, 0.3) is 0 Å². The van der Waals surface area contributed by atoms with Crippen molar-refractivity contribution in [3.05, 3.63) is 29.3 Å². The van der Waals surface area contributed by atoms with Gasteiger partial charge in [-0.1, -0.05) is 12.1 Å². The number of aliphatic imine (C=N–C) groups is 1. The minimum Gasteiger partial charge on any atom is -0.493 e. The highest BCUT2D eigenvalue weighted by Crippen LogP contribution is 2.21. The fourth-order valence-corrected chi connectivity index (χ4v) is 2.34. The van der Waals surface area contributed by atoms with Crippen molar-refractivity contribution >= 4 is 35.8 Å². The number of hydrogen-bond acceptors (Lipinski definition) is 5. The zero-order valence-corrected chi connectivity index (χ0v) is 20.2.